The van der Waals surface area contributed by atoms with E-state index in [1.807, 2.05) is 18.5 Å². The first-order chi connectivity index (χ1) is 10.8. The second-order valence-corrected chi connectivity index (χ2v) is 6.45. The molecule has 0 aliphatic heterocycles. The molecule has 1 heterocycles. The van der Waals surface area contributed by atoms with Crippen molar-refractivity contribution in [3.8, 4) is 0 Å². The van der Waals surface area contributed by atoms with Crippen molar-refractivity contribution >= 4 is 27.7 Å². The number of sulfonamides is 1. The van der Waals surface area contributed by atoms with Gasteiger partial charge in [-0.3, -0.25) is 9.48 Å². The molecule has 0 saturated heterocycles. The van der Waals surface area contributed by atoms with Crippen LogP contribution >= 0.6 is 0 Å². The normalized spacial score (nSPS) is 11.8. The number of benzene rings is 1. The van der Waals surface area contributed by atoms with Gasteiger partial charge in [0.1, 0.15) is 0 Å². The van der Waals surface area contributed by atoms with Crippen LogP contribution in [-0.2, 0) is 21.4 Å². The summed E-state index contributed by atoms with van der Waals surface area (Å²) in [5, 5.41) is 11.8. The number of amides is 1. The molecule has 2 rings (SSSR count). The Morgan fingerprint density at radius 3 is 2.52 bits per heavy atom. The van der Waals surface area contributed by atoms with Gasteiger partial charge in [-0.1, -0.05) is 0 Å². The summed E-state index contributed by atoms with van der Waals surface area (Å²) in [4.78, 5) is 11.9. The van der Waals surface area contributed by atoms with Crippen molar-refractivity contribution in [1.29, 1.82) is 0 Å². The van der Waals surface area contributed by atoms with Crippen molar-refractivity contribution in [2.75, 3.05) is 5.32 Å². The molecule has 0 spiro atoms. The molecule has 1 amide bonds. The van der Waals surface area contributed by atoms with E-state index in [1.165, 1.54) is 30.3 Å². The van der Waals surface area contributed by atoms with E-state index < -0.39 is 10.0 Å². The van der Waals surface area contributed by atoms with Gasteiger partial charge in [-0.25, -0.2) is 13.6 Å². The zero-order chi connectivity index (χ0) is 17.0. The Morgan fingerprint density at radius 1 is 1.35 bits per heavy atom. The fourth-order valence-electron chi connectivity index (χ4n) is 2.02. The Bertz CT molecular complexity index is 836. The number of nitrogens with zero attached hydrogens (tertiary/aromatic N) is 2. The number of hydrogen-bond donors (Lipinski definition) is 2. The van der Waals surface area contributed by atoms with Gasteiger partial charge in [0.2, 0.25) is 15.9 Å². The predicted molar refractivity (Wildman–Crippen MR) is 88.1 cm³/mol. The summed E-state index contributed by atoms with van der Waals surface area (Å²) in [6, 6.07) is 5.63. The molecule has 7 nitrogen and oxygen atoms in total. The smallest absolute Gasteiger partial charge is 0.248 e. The molecule has 2 aromatic rings. The molecule has 0 bridgehead atoms. The van der Waals surface area contributed by atoms with E-state index in [1.54, 1.807) is 12.3 Å². The van der Waals surface area contributed by atoms with Crippen LogP contribution in [0.5, 0.6) is 0 Å². The van der Waals surface area contributed by atoms with Gasteiger partial charge < -0.3 is 5.32 Å². The highest BCUT2D eigenvalue weighted by atomic mass is 32.2. The fraction of sp³-hybridized carbons (Fsp3) is 0.200. The maximum absolute atomic E-state index is 11.9. The van der Waals surface area contributed by atoms with Crippen LogP contribution in [0.3, 0.4) is 0 Å². The highest BCUT2D eigenvalue weighted by Crippen LogP contribution is 2.13. The highest BCUT2D eigenvalue weighted by molar-refractivity contribution is 7.89. The largest absolute Gasteiger partial charge is 0.323 e. The molecular weight excluding hydrogens is 316 g/mol. The lowest BCUT2D eigenvalue weighted by Gasteiger charge is -2.03. The Hall–Kier alpha value is -2.45. The molecule has 0 atom stereocenters. The first-order valence-corrected chi connectivity index (χ1v) is 8.50. The third-order valence-corrected chi connectivity index (χ3v) is 4.23. The zero-order valence-corrected chi connectivity index (χ0v) is 13.7. The van der Waals surface area contributed by atoms with Gasteiger partial charge in [-0.05, 0) is 44.2 Å². The van der Waals surface area contributed by atoms with Crippen LogP contribution in [0.15, 0.2) is 41.4 Å². The first kappa shape index (κ1) is 16.9. The number of hydrogen-bond acceptors (Lipinski definition) is 4. The quantitative estimate of drug-likeness (QED) is 0.808. The lowest BCUT2D eigenvalue weighted by molar-refractivity contribution is -0.111. The van der Waals surface area contributed by atoms with E-state index in [2.05, 4.69) is 10.4 Å². The van der Waals surface area contributed by atoms with Gasteiger partial charge in [-0.2, -0.15) is 5.10 Å². The molecule has 3 N–H and O–H groups in total. The second kappa shape index (κ2) is 6.76. The van der Waals surface area contributed by atoms with Crippen molar-refractivity contribution in [2.24, 2.45) is 5.14 Å². The second-order valence-electron chi connectivity index (χ2n) is 4.89. The molecule has 0 radical (unpaired) electrons. The Labute approximate surface area is 134 Å². The molecule has 8 heteroatoms. The minimum atomic E-state index is -3.74. The number of carbonyl (C=O) groups excluding carboxylic acids is 1. The van der Waals surface area contributed by atoms with E-state index in [0.717, 1.165) is 17.8 Å². The number of aromatic nitrogens is 2. The van der Waals surface area contributed by atoms with Crippen LogP contribution in [0.1, 0.15) is 18.2 Å². The summed E-state index contributed by atoms with van der Waals surface area (Å²) in [5.41, 5.74) is 2.33. The topological polar surface area (TPSA) is 107 Å². The number of carbonyl (C=O) groups is 1. The fourth-order valence-corrected chi connectivity index (χ4v) is 2.54. The predicted octanol–water partition coefficient (Wildman–Crippen LogP) is 1.51. The molecule has 0 aliphatic rings. The summed E-state index contributed by atoms with van der Waals surface area (Å²) >= 11 is 0. The van der Waals surface area contributed by atoms with Gasteiger partial charge in [0.05, 0.1) is 11.1 Å². The molecule has 0 aliphatic carbocycles. The molecule has 122 valence electrons. The van der Waals surface area contributed by atoms with E-state index in [4.69, 9.17) is 5.14 Å². The molecule has 1 aromatic heterocycles. The van der Waals surface area contributed by atoms with E-state index >= 15 is 0 Å². The van der Waals surface area contributed by atoms with Crippen molar-refractivity contribution in [3.05, 3.63) is 47.8 Å². The zero-order valence-electron chi connectivity index (χ0n) is 12.9. The van der Waals surface area contributed by atoms with E-state index in [-0.39, 0.29) is 10.8 Å². The van der Waals surface area contributed by atoms with Gasteiger partial charge >= 0.3 is 0 Å². The number of rotatable bonds is 5. The molecule has 0 saturated carbocycles. The molecular formula is C15H18N4O3S. The SMILES string of the molecule is CCn1ncc(C=CC(=O)Nc2ccc(S(N)(=O)=O)cc2)c1C. The summed E-state index contributed by atoms with van der Waals surface area (Å²) in [7, 11) is -3.74. The average Bonchev–Trinajstić information content (AvgIpc) is 2.85. The van der Waals surface area contributed by atoms with Crippen molar-refractivity contribution in [2.45, 2.75) is 25.3 Å². The number of nitrogens with two attached hydrogens (primary N) is 1. The van der Waals surface area contributed by atoms with Crippen molar-refractivity contribution < 1.29 is 13.2 Å². The van der Waals surface area contributed by atoms with Crippen LogP contribution in [0, 0.1) is 6.92 Å². The number of aryl methyl sites for hydroxylation is 1. The highest BCUT2D eigenvalue weighted by Gasteiger charge is 2.07. The minimum absolute atomic E-state index is 0.00588. The van der Waals surface area contributed by atoms with E-state index in [0.29, 0.717) is 5.69 Å². The van der Waals surface area contributed by atoms with Crippen LogP contribution in [0.25, 0.3) is 6.08 Å². The summed E-state index contributed by atoms with van der Waals surface area (Å²) in [6.45, 7) is 4.69. The van der Waals surface area contributed by atoms with Crippen LogP contribution in [-0.4, -0.2) is 24.1 Å². The molecule has 0 unspecified atom stereocenters. The van der Waals surface area contributed by atoms with Gasteiger partial charge in [0.25, 0.3) is 0 Å². The van der Waals surface area contributed by atoms with Crippen LogP contribution < -0.4 is 10.5 Å². The number of nitrogens with one attached hydrogen (secondary N) is 1. The molecule has 1 aromatic carbocycles. The third-order valence-electron chi connectivity index (χ3n) is 3.31. The maximum atomic E-state index is 11.9. The van der Waals surface area contributed by atoms with Crippen LogP contribution in [0.2, 0.25) is 0 Å². The van der Waals surface area contributed by atoms with Gasteiger partial charge in [0.15, 0.2) is 0 Å². The summed E-state index contributed by atoms with van der Waals surface area (Å²) in [6.07, 6.45) is 4.78. The lowest BCUT2D eigenvalue weighted by Crippen LogP contribution is -2.12. The lowest BCUT2D eigenvalue weighted by atomic mass is 10.2. The van der Waals surface area contributed by atoms with Crippen molar-refractivity contribution in [3.63, 3.8) is 0 Å². The van der Waals surface area contributed by atoms with E-state index in [9.17, 15) is 13.2 Å². The van der Waals surface area contributed by atoms with Gasteiger partial charge in [0, 0.05) is 29.6 Å². The maximum Gasteiger partial charge on any atom is 0.248 e. The first-order valence-electron chi connectivity index (χ1n) is 6.95. The Balaban J connectivity index is 2.04. The standard InChI is InChI=1S/C15H18N4O3S/c1-3-19-11(2)12(10-17-19)4-9-15(20)18-13-5-7-14(8-6-13)23(16,21)22/h4-10H,3H2,1-2H3,(H,18,20)(H2,16,21,22). The number of primary sulfonamides is 1. The average molecular weight is 334 g/mol. The summed E-state index contributed by atoms with van der Waals surface area (Å²) in [5.74, 6) is -0.322. The van der Waals surface area contributed by atoms with Crippen LogP contribution in [0.4, 0.5) is 5.69 Å². The minimum Gasteiger partial charge on any atom is -0.323 e. The summed E-state index contributed by atoms with van der Waals surface area (Å²) < 4.78 is 24.1. The number of anilines is 1. The molecule has 23 heavy (non-hydrogen) atoms. The monoisotopic (exact) mass is 334 g/mol. The molecule has 0 fully saturated rings. The van der Waals surface area contributed by atoms with Crippen molar-refractivity contribution in [1.82, 2.24) is 9.78 Å². The van der Waals surface area contributed by atoms with Gasteiger partial charge in [-0.15, -0.1) is 0 Å². The Kier molecular flexibility index (Phi) is 4.97. The Morgan fingerprint density at radius 2 is 2.00 bits per heavy atom. The third kappa shape index (κ3) is 4.27.